The fourth-order valence-corrected chi connectivity index (χ4v) is 4.79. The summed E-state index contributed by atoms with van der Waals surface area (Å²) in [6.45, 7) is 9.35. The molecule has 1 spiro atoms. The summed E-state index contributed by atoms with van der Waals surface area (Å²) in [5.74, 6) is 0.115. The zero-order chi connectivity index (χ0) is 19.2. The Balaban J connectivity index is 1.13. The normalized spacial score (nSPS) is 25.8. The van der Waals surface area contributed by atoms with Crippen LogP contribution in [0.4, 0.5) is 0 Å². The number of piperazine rings is 1. The van der Waals surface area contributed by atoms with Gasteiger partial charge in [0.15, 0.2) is 0 Å². The summed E-state index contributed by atoms with van der Waals surface area (Å²) >= 11 is 0. The molecular weight excluding hydrogens is 352 g/mol. The lowest BCUT2D eigenvalue weighted by Crippen LogP contribution is -2.50. The number of carbonyl (C=O) groups is 1. The summed E-state index contributed by atoms with van der Waals surface area (Å²) in [6.07, 6.45) is 4.13. The van der Waals surface area contributed by atoms with E-state index in [1.165, 1.54) is 19.3 Å². The van der Waals surface area contributed by atoms with Gasteiger partial charge in [0.05, 0.1) is 19.3 Å². The number of nitrogens with one attached hydrogen (secondary N) is 2. The molecule has 1 unspecified atom stereocenters. The molecule has 6 nitrogen and oxygen atoms in total. The summed E-state index contributed by atoms with van der Waals surface area (Å²) in [5.41, 5.74) is 1.58. The average Bonchev–Trinajstić information content (AvgIpc) is 3.11. The molecule has 0 radical (unpaired) electrons. The second kappa shape index (κ2) is 9.35. The molecule has 0 aliphatic carbocycles. The van der Waals surface area contributed by atoms with Gasteiger partial charge in [0.25, 0.3) is 0 Å². The quantitative estimate of drug-likeness (QED) is 0.766. The Morgan fingerprint density at radius 1 is 1.11 bits per heavy atom. The molecule has 1 aromatic rings. The van der Waals surface area contributed by atoms with Crippen LogP contribution in [0.25, 0.3) is 0 Å². The number of piperidine rings is 1. The Hall–Kier alpha value is -1.47. The second-order valence-corrected chi connectivity index (χ2v) is 8.73. The molecule has 3 aliphatic heterocycles. The van der Waals surface area contributed by atoms with E-state index >= 15 is 0 Å². The molecule has 3 heterocycles. The van der Waals surface area contributed by atoms with E-state index in [9.17, 15) is 4.79 Å². The van der Waals surface area contributed by atoms with Crippen molar-refractivity contribution in [2.45, 2.75) is 31.9 Å². The van der Waals surface area contributed by atoms with Crippen molar-refractivity contribution in [3.8, 4) is 0 Å². The van der Waals surface area contributed by atoms with Gasteiger partial charge in [0.1, 0.15) is 0 Å². The van der Waals surface area contributed by atoms with Crippen molar-refractivity contribution in [1.29, 1.82) is 0 Å². The third-order valence-electron chi connectivity index (χ3n) is 6.58. The molecule has 1 amide bonds. The minimum Gasteiger partial charge on any atom is -0.376 e. The van der Waals surface area contributed by atoms with E-state index < -0.39 is 0 Å². The van der Waals surface area contributed by atoms with Gasteiger partial charge in [-0.05, 0) is 43.3 Å². The lowest BCUT2D eigenvalue weighted by molar-refractivity contribution is -0.122. The molecule has 1 aromatic carbocycles. The maximum Gasteiger partial charge on any atom is 0.234 e. The number of rotatable bonds is 6. The van der Waals surface area contributed by atoms with E-state index in [-0.39, 0.29) is 5.91 Å². The van der Waals surface area contributed by atoms with Crippen LogP contribution >= 0.6 is 0 Å². The first kappa shape index (κ1) is 19.8. The Morgan fingerprint density at radius 2 is 1.82 bits per heavy atom. The monoisotopic (exact) mass is 386 g/mol. The highest BCUT2D eigenvalue weighted by atomic mass is 16.5. The fourth-order valence-electron chi connectivity index (χ4n) is 4.79. The number of ether oxygens (including phenoxy) is 1. The van der Waals surface area contributed by atoms with Crippen LogP contribution in [0.15, 0.2) is 30.3 Å². The first-order valence-corrected chi connectivity index (χ1v) is 10.8. The van der Waals surface area contributed by atoms with Gasteiger partial charge in [-0.25, -0.2) is 0 Å². The predicted octanol–water partition coefficient (Wildman–Crippen LogP) is 1.08. The minimum absolute atomic E-state index is 0.115. The molecule has 3 saturated heterocycles. The zero-order valence-electron chi connectivity index (χ0n) is 16.9. The molecule has 0 aromatic heterocycles. The van der Waals surface area contributed by atoms with Crippen molar-refractivity contribution in [3.05, 3.63) is 35.9 Å². The molecule has 4 rings (SSSR count). The Labute approximate surface area is 168 Å². The van der Waals surface area contributed by atoms with E-state index in [0.717, 1.165) is 58.0 Å². The van der Waals surface area contributed by atoms with Crippen LogP contribution in [0, 0.1) is 5.41 Å². The molecule has 6 heteroatoms. The van der Waals surface area contributed by atoms with Crippen LogP contribution in [-0.2, 0) is 16.1 Å². The van der Waals surface area contributed by atoms with E-state index in [4.69, 9.17) is 4.74 Å². The largest absolute Gasteiger partial charge is 0.376 e. The first-order chi connectivity index (χ1) is 13.7. The smallest absolute Gasteiger partial charge is 0.234 e. The highest BCUT2D eigenvalue weighted by molar-refractivity contribution is 5.78. The number of hydrogen-bond donors (Lipinski definition) is 2. The summed E-state index contributed by atoms with van der Waals surface area (Å²) in [7, 11) is 0. The van der Waals surface area contributed by atoms with Crippen molar-refractivity contribution in [1.82, 2.24) is 20.4 Å². The van der Waals surface area contributed by atoms with Crippen LogP contribution in [0.2, 0.25) is 0 Å². The summed E-state index contributed by atoms with van der Waals surface area (Å²) in [4.78, 5) is 17.0. The molecule has 3 fully saturated rings. The molecule has 28 heavy (non-hydrogen) atoms. The van der Waals surface area contributed by atoms with E-state index in [0.29, 0.717) is 24.6 Å². The Bertz CT molecular complexity index is 625. The molecule has 1 atom stereocenters. The molecule has 154 valence electrons. The third kappa shape index (κ3) is 5.32. The van der Waals surface area contributed by atoms with Gasteiger partial charge in [0, 0.05) is 39.3 Å². The number of nitrogens with zero attached hydrogens (tertiary/aromatic N) is 2. The van der Waals surface area contributed by atoms with Gasteiger partial charge in [-0.2, -0.15) is 0 Å². The van der Waals surface area contributed by atoms with Crippen molar-refractivity contribution >= 4 is 5.91 Å². The van der Waals surface area contributed by atoms with Gasteiger partial charge in [0.2, 0.25) is 5.91 Å². The van der Waals surface area contributed by atoms with E-state index in [1.807, 2.05) is 30.3 Å². The number of benzene rings is 1. The average molecular weight is 387 g/mol. The first-order valence-electron chi connectivity index (χ1n) is 10.8. The number of carbonyl (C=O) groups excluding carboxylic acids is 1. The number of amides is 1. The summed E-state index contributed by atoms with van der Waals surface area (Å²) in [6, 6.07) is 10.1. The van der Waals surface area contributed by atoms with Gasteiger partial charge in [-0.15, -0.1) is 0 Å². The molecule has 2 N–H and O–H groups in total. The van der Waals surface area contributed by atoms with Crippen molar-refractivity contribution in [3.63, 3.8) is 0 Å². The molecular formula is C22H34N4O2. The SMILES string of the molecule is O=C(CN1CCN(CC2CC3(CCNCC3)CO2)CC1)NCc1ccccc1. The van der Waals surface area contributed by atoms with Gasteiger partial charge < -0.3 is 15.4 Å². The number of hydrogen-bond acceptors (Lipinski definition) is 5. The van der Waals surface area contributed by atoms with Crippen molar-refractivity contribution in [2.75, 3.05) is 59.0 Å². The minimum atomic E-state index is 0.115. The lowest BCUT2D eigenvalue weighted by Gasteiger charge is -2.36. The Kier molecular flexibility index (Phi) is 6.62. The van der Waals surface area contributed by atoms with Crippen LogP contribution < -0.4 is 10.6 Å². The summed E-state index contributed by atoms with van der Waals surface area (Å²) in [5, 5.41) is 6.50. The van der Waals surface area contributed by atoms with E-state index in [1.54, 1.807) is 0 Å². The topological polar surface area (TPSA) is 56.8 Å². The van der Waals surface area contributed by atoms with Gasteiger partial charge in [-0.1, -0.05) is 30.3 Å². The second-order valence-electron chi connectivity index (χ2n) is 8.73. The highest BCUT2D eigenvalue weighted by Crippen LogP contribution is 2.40. The predicted molar refractivity (Wildman–Crippen MR) is 110 cm³/mol. The highest BCUT2D eigenvalue weighted by Gasteiger charge is 2.41. The maximum absolute atomic E-state index is 12.2. The molecule has 0 bridgehead atoms. The molecule has 3 aliphatic rings. The van der Waals surface area contributed by atoms with Crippen LogP contribution in [0.5, 0.6) is 0 Å². The van der Waals surface area contributed by atoms with Gasteiger partial charge >= 0.3 is 0 Å². The maximum atomic E-state index is 12.2. The van der Waals surface area contributed by atoms with Gasteiger partial charge in [-0.3, -0.25) is 14.6 Å². The van der Waals surface area contributed by atoms with Crippen LogP contribution in [-0.4, -0.2) is 80.8 Å². The van der Waals surface area contributed by atoms with Crippen LogP contribution in [0.3, 0.4) is 0 Å². The van der Waals surface area contributed by atoms with Crippen LogP contribution in [0.1, 0.15) is 24.8 Å². The van der Waals surface area contributed by atoms with Crippen molar-refractivity contribution in [2.24, 2.45) is 5.41 Å². The Morgan fingerprint density at radius 3 is 2.57 bits per heavy atom. The van der Waals surface area contributed by atoms with E-state index in [2.05, 4.69) is 20.4 Å². The lowest BCUT2D eigenvalue weighted by atomic mass is 9.77. The molecule has 0 saturated carbocycles. The fraction of sp³-hybridized carbons (Fsp3) is 0.682. The summed E-state index contributed by atoms with van der Waals surface area (Å²) < 4.78 is 6.17. The standard InChI is InChI=1S/C22H34N4O2/c27-21(24-15-19-4-2-1-3-5-19)17-26-12-10-25(11-13-26)16-20-14-22(18-28-20)6-8-23-9-7-22/h1-5,20,23H,6-18H2,(H,24,27). The zero-order valence-corrected chi connectivity index (χ0v) is 16.9. The third-order valence-corrected chi connectivity index (χ3v) is 6.58. The van der Waals surface area contributed by atoms with Crippen molar-refractivity contribution < 1.29 is 9.53 Å².